The Balaban J connectivity index is 1.55. The average Bonchev–Trinajstić information content (AvgIpc) is 3.10. The third-order valence-electron chi connectivity index (χ3n) is 4.18. The average molecular weight is 348 g/mol. The summed E-state index contributed by atoms with van der Waals surface area (Å²) in [5.74, 6) is 2.29. The topological polar surface area (TPSA) is 117 Å². The van der Waals surface area contributed by atoms with E-state index in [4.69, 9.17) is 0 Å². The maximum absolute atomic E-state index is 11.6. The van der Waals surface area contributed by atoms with Crippen molar-refractivity contribution in [2.45, 2.75) is 39.3 Å². The maximum atomic E-state index is 11.6. The van der Waals surface area contributed by atoms with Crippen LogP contribution in [-0.2, 0) is 17.8 Å². The lowest BCUT2D eigenvalue weighted by Gasteiger charge is -2.25. The number of aliphatic imine (C=N–C) groups is 1. The highest BCUT2D eigenvalue weighted by molar-refractivity contribution is 6.01. The first-order chi connectivity index (χ1) is 12.1. The van der Waals surface area contributed by atoms with E-state index in [0.717, 1.165) is 37.6 Å². The zero-order chi connectivity index (χ0) is 17.8. The van der Waals surface area contributed by atoms with E-state index in [1.54, 1.807) is 0 Å². The fourth-order valence-electron chi connectivity index (χ4n) is 3.01. The summed E-state index contributed by atoms with van der Waals surface area (Å²) in [6.07, 6.45) is 1.83. The van der Waals surface area contributed by atoms with Crippen molar-refractivity contribution in [3.8, 4) is 0 Å². The summed E-state index contributed by atoms with van der Waals surface area (Å²) in [4.78, 5) is 33.2. The van der Waals surface area contributed by atoms with Gasteiger partial charge >= 0.3 is 6.03 Å². The molecule has 3 amide bonds. The minimum absolute atomic E-state index is 0.0720. The number of rotatable bonds is 5. The molecule has 1 atom stereocenters. The van der Waals surface area contributed by atoms with Gasteiger partial charge in [-0.05, 0) is 20.3 Å². The normalized spacial score (nSPS) is 20.5. The minimum atomic E-state index is -0.348. The molecule has 1 unspecified atom stereocenters. The van der Waals surface area contributed by atoms with Crippen LogP contribution in [0.3, 0.4) is 0 Å². The van der Waals surface area contributed by atoms with Crippen LogP contribution in [-0.4, -0.2) is 69.8 Å². The van der Waals surface area contributed by atoms with Crippen LogP contribution in [0.2, 0.25) is 0 Å². The Morgan fingerprint density at radius 2 is 2.28 bits per heavy atom. The molecule has 1 aromatic heterocycles. The van der Waals surface area contributed by atoms with Crippen molar-refractivity contribution in [1.29, 1.82) is 0 Å². The van der Waals surface area contributed by atoms with Crippen molar-refractivity contribution < 1.29 is 9.59 Å². The van der Waals surface area contributed by atoms with E-state index in [2.05, 4.69) is 31.0 Å². The molecule has 3 N–H and O–H groups in total. The van der Waals surface area contributed by atoms with Crippen LogP contribution < -0.4 is 16.0 Å². The van der Waals surface area contributed by atoms with Crippen LogP contribution in [0.25, 0.3) is 0 Å². The first-order valence-corrected chi connectivity index (χ1v) is 8.60. The van der Waals surface area contributed by atoms with Crippen molar-refractivity contribution in [3.05, 3.63) is 11.6 Å². The molecular weight excluding hydrogens is 324 g/mol. The number of amides is 3. The number of guanidine groups is 1. The highest BCUT2D eigenvalue weighted by atomic mass is 16.2. The summed E-state index contributed by atoms with van der Waals surface area (Å²) < 4.78 is 1.94. The standard InChI is InChI=1S/C15H24N8O2/c1-3-16-14(17-6-7-22-13(24)8-18-15(22)25)20-11-4-5-12-19-10(2)21-23(12)9-11/h11H,3-9H2,1-2H3,(H,18,25)(H2,16,17,20). The van der Waals surface area contributed by atoms with E-state index in [9.17, 15) is 9.59 Å². The van der Waals surface area contributed by atoms with Crippen LogP contribution in [0.1, 0.15) is 25.0 Å². The SMILES string of the molecule is CCNC(=NCCN1C(=O)CNC1=O)NC1CCc2nc(C)nn2C1. The lowest BCUT2D eigenvalue weighted by molar-refractivity contribution is -0.124. The van der Waals surface area contributed by atoms with E-state index < -0.39 is 0 Å². The Kier molecular flexibility index (Phi) is 5.15. The van der Waals surface area contributed by atoms with Crippen molar-refractivity contribution >= 4 is 17.9 Å². The largest absolute Gasteiger partial charge is 0.357 e. The third kappa shape index (κ3) is 4.06. The van der Waals surface area contributed by atoms with Crippen LogP contribution in [0, 0.1) is 6.92 Å². The van der Waals surface area contributed by atoms with Gasteiger partial charge in [-0.1, -0.05) is 0 Å². The highest BCUT2D eigenvalue weighted by Gasteiger charge is 2.27. The molecule has 0 aliphatic carbocycles. The van der Waals surface area contributed by atoms with Crippen molar-refractivity contribution in [2.24, 2.45) is 4.99 Å². The van der Waals surface area contributed by atoms with E-state index in [-0.39, 0.29) is 31.1 Å². The van der Waals surface area contributed by atoms with Gasteiger partial charge in [0, 0.05) is 19.0 Å². The zero-order valence-corrected chi connectivity index (χ0v) is 14.6. The first-order valence-electron chi connectivity index (χ1n) is 8.60. The number of aryl methyl sites for hydroxylation is 2. The van der Waals surface area contributed by atoms with Gasteiger partial charge in [-0.15, -0.1) is 0 Å². The summed E-state index contributed by atoms with van der Waals surface area (Å²) in [6, 6.07) is -0.136. The second-order valence-electron chi connectivity index (χ2n) is 6.10. The molecule has 1 aromatic rings. The van der Waals surface area contributed by atoms with Gasteiger partial charge in [-0.2, -0.15) is 5.10 Å². The van der Waals surface area contributed by atoms with Gasteiger partial charge in [0.25, 0.3) is 0 Å². The van der Waals surface area contributed by atoms with E-state index in [0.29, 0.717) is 12.5 Å². The number of aromatic nitrogens is 3. The number of nitrogens with zero attached hydrogens (tertiary/aromatic N) is 5. The van der Waals surface area contributed by atoms with E-state index in [1.165, 1.54) is 4.90 Å². The molecule has 10 nitrogen and oxygen atoms in total. The lowest BCUT2D eigenvalue weighted by atomic mass is 10.1. The van der Waals surface area contributed by atoms with Crippen LogP contribution in [0.5, 0.6) is 0 Å². The highest BCUT2D eigenvalue weighted by Crippen LogP contribution is 2.12. The number of imide groups is 1. The number of urea groups is 1. The van der Waals surface area contributed by atoms with Crippen molar-refractivity contribution in [2.75, 3.05) is 26.2 Å². The summed E-state index contributed by atoms with van der Waals surface area (Å²) >= 11 is 0. The molecule has 2 aliphatic heterocycles. The molecule has 2 aliphatic rings. The number of carbonyl (C=O) groups excluding carboxylic acids is 2. The molecule has 136 valence electrons. The Labute approximate surface area is 146 Å². The minimum Gasteiger partial charge on any atom is -0.357 e. The predicted molar refractivity (Wildman–Crippen MR) is 91.1 cm³/mol. The van der Waals surface area contributed by atoms with Gasteiger partial charge in [-0.25, -0.2) is 14.5 Å². The third-order valence-corrected chi connectivity index (χ3v) is 4.18. The second kappa shape index (κ2) is 7.49. The maximum Gasteiger partial charge on any atom is 0.324 e. The fourth-order valence-corrected chi connectivity index (χ4v) is 3.01. The molecule has 10 heteroatoms. The van der Waals surface area contributed by atoms with Crippen LogP contribution in [0.4, 0.5) is 4.79 Å². The van der Waals surface area contributed by atoms with Crippen LogP contribution in [0.15, 0.2) is 4.99 Å². The summed E-state index contributed by atoms with van der Waals surface area (Å²) in [5, 5.41) is 13.5. The molecule has 25 heavy (non-hydrogen) atoms. The molecule has 3 rings (SSSR count). The van der Waals surface area contributed by atoms with E-state index in [1.807, 2.05) is 18.5 Å². The quantitative estimate of drug-likeness (QED) is 0.357. The smallest absolute Gasteiger partial charge is 0.324 e. The summed E-state index contributed by atoms with van der Waals surface area (Å²) in [7, 11) is 0. The van der Waals surface area contributed by atoms with Crippen LogP contribution >= 0.6 is 0 Å². The lowest BCUT2D eigenvalue weighted by Crippen LogP contribution is -2.47. The molecule has 0 radical (unpaired) electrons. The van der Waals surface area contributed by atoms with Gasteiger partial charge in [0.15, 0.2) is 5.96 Å². The predicted octanol–water partition coefficient (Wildman–Crippen LogP) is -0.992. The van der Waals surface area contributed by atoms with Gasteiger partial charge < -0.3 is 16.0 Å². The Hall–Kier alpha value is -2.65. The second-order valence-corrected chi connectivity index (χ2v) is 6.10. The van der Waals surface area contributed by atoms with Gasteiger partial charge in [0.2, 0.25) is 5.91 Å². The summed E-state index contributed by atoms with van der Waals surface area (Å²) in [6.45, 7) is 6.07. The van der Waals surface area contributed by atoms with Crippen molar-refractivity contribution in [1.82, 2.24) is 35.6 Å². The molecule has 0 bridgehead atoms. The molecular formula is C15H24N8O2. The molecule has 0 saturated carbocycles. The Morgan fingerprint density at radius 1 is 1.44 bits per heavy atom. The fraction of sp³-hybridized carbons (Fsp3) is 0.667. The number of nitrogens with one attached hydrogen (secondary N) is 3. The first kappa shape index (κ1) is 17.2. The number of fused-ring (bicyclic) bond motifs is 1. The van der Waals surface area contributed by atoms with Gasteiger partial charge in [-0.3, -0.25) is 14.7 Å². The molecule has 0 spiro atoms. The monoisotopic (exact) mass is 348 g/mol. The number of carbonyl (C=O) groups is 2. The van der Waals surface area contributed by atoms with Crippen molar-refractivity contribution in [3.63, 3.8) is 0 Å². The molecule has 0 aromatic carbocycles. The van der Waals surface area contributed by atoms with Gasteiger partial charge in [0.1, 0.15) is 11.6 Å². The molecule has 1 saturated heterocycles. The summed E-state index contributed by atoms with van der Waals surface area (Å²) in [5.41, 5.74) is 0. The number of hydrogen-bond acceptors (Lipinski definition) is 5. The zero-order valence-electron chi connectivity index (χ0n) is 14.6. The Bertz CT molecular complexity index is 667. The van der Waals surface area contributed by atoms with Gasteiger partial charge in [0.05, 0.1) is 26.2 Å². The molecule has 3 heterocycles. The van der Waals surface area contributed by atoms with E-state index >= 15 is 0 Å². The Morgan fingerprint density at radius 3 is 3.00 bits per heavy atom. The molecule has 1 fully saturated rings. The number of hydrogen-bond donors (Lipinski definition) is 3.